The first-order valence-electron chi connectivity index (χ1n) is 8.83. The van der Waals surface area contributed by atoms with Crippen molar-refractivity contribution >= 4 is 17.7 Å². The van der Waals surface area contributed by atoms with E-state index in [1.807, 2.05) is 49.6 Å². The lowest BCUT2D eigenvalue weighted by Gasteiger charge is -2.11. The predicted octanol–water partition coefficient (Wildman–Crippen LogP) is 5.73. The van der Waals surface area contributed by atoms with Crippen LogP contribution in [-0.2, 0) is 12.7 Å². The van der Waals surface area contributed by atoms with E-state index in [-0.39, 0.29) is 12.5 Å². The molecule has 0 saturated heterocycles. The van der Waals surface area contributed by atoms with E-state index >= 15 is 0 Å². The van der Waals surface area contributed by atoms with E-state index in [1.54, 1.807) is 6.07 Å². The standard InChI is InChI=1S/C22H19F3N2OS/c1-14-3-6-16(7-4-14)17-9-18(11-19(10-17)29-2)21(28)27-13-15-5-8-20(26-12-15)22(23,24)25/h3-12H,13H2,1-2H3,(H,27,28). The van der Waals surface area contributed by atoms with Gasteiger partial charge in [0.15, 0.2) is 0 Å². The van der Waals surface area contributed by atoms with E-state index in [0.717, 1.165) is 33.8 Å². The lowest BCUT2D eigenvalue weighted by molar-refractivity contribution is -0.141. The first kappa shape index (κ1) is 20.9. The van der Waals surface area contributed by atoms with Gasteiger partial charge in [0.25, 0.3) is 5.91 Å². The van der Waals surface area contributed by atoms with Crippen molar-refractivity contribution in [2.24, 2.45) is 0 Å². The second-order valence-electron chi connectivity index (χ2n) is 6.55. The summed E-state index contributed by atoms with van der Waals surface area (Å²) >= 11 is 1.53. The van der Waals surface area contributed by atoms with Crippen LogP contribution in [-0.4, -0.2) is 17.1 Å². The quantitative estimate of drug-likeness (QED) is 0.540. The Balaban J connectivity index is 1.76. The molecule has 1 aromatic heterocycles. The highest BCUT2D eigenvalue weighted by Crippen LogP contribution is 2.28. The molecule has 0 aliphatic heterocycles. The van der Waals surface area contributed by atoms with E-state index in [0.29, 0.717) is 11.1 Å². The first-order chi connectivity index (χ1) is 13.8. The van der Waals surface area contributed by atoms with Crippen LogP contribution in [0.3, 0.4) is 0 Å². The fourth-order valence-electron chi connectivity index (χ4n) is 2.74. The number of aryl methyl sites for hydroxylation is 1. The number of rotatable bonds is 5. The molecule has 0 unspecified atom stereocenters. The molecule has 0 saturated carbocycles. The number of amides is 1. The minimum absolute atomic E-state index is 0.0906. The van der Waals surface area contributed by atoms with Gasteiger partial charge in [-0.15, -0.1) is 11.8 Å². The summed E-state index contributed by atoms with van der Waals surface area (Å²) in [5.74, 6) is -0.297. The summed E-state index contributed by atoms with van der Waals surface area (Å²) in [5, 5.41) is 2.74. The van der Waals surface area contributed by atoms with Crippen LogP contribution in [0.4, 0.5) is 13.2 Å². The van der Waals surface area contributed by atoms with Gasteiger partial charge >= 0.3 is 6.18 Å². The highest BCUT2D eigenvalue weighted by molar-refractivity contribution is 7.98. The summed E-state index contributed by atoms with van der Waals surface area (Å²) in [4.78, 5) is 17.0. The Bertz CT molecular complexity index is 1000. The zero-order valence-electron chi connectivity index (χ0n) is 15.9. The largest absolute Gasteiger partial charge is 0.433 e. The second-order valence-corrected chi connectivity index (χ2v) is 7.43. The van der Waals surface area contributed by atoms with Gasteiger partial charge in [0.05, 0.1) is 0 Å². The number of carbonyl (C=O) groups excluding carboxylic acids is 1. The van der Waals surface area contributed by atoms with Crippen LogP contribution >= 0.6 is 11.8 Å². The third-order valence-corrected chi connectivity index (χ3v) is 5.06. The number of alkyl halides is 3. The number of hydrogen-bond acceptors (Lipinski definition) is 3. The average molecular weight is 416 g/mol. The Morgan fingerprint density at radius 3 is 2.34 bits per heavy atom. The smallest absolute Gasteiger partial charge is 0.348 e. The third-order valence-electron chi connectivity index (χ3n) is 4.36. The van der Waals surface area contributed by atoms with E-state index in [9.17, 15) is 18.0 Å². The van der Waals surface area contributed by atoms with Crippen LogP contribution in [0.2, 0.25) is 0 Å². The van der Waals surface area contributed by atoms with E-state index in [2.05, 4.69) is 10.3 Å². The number of aromatic nitrogens is 1. The number of thioether (sulfide) groups is 1. The van der Waals surface area contributed by atoms with Crippen LogP contribution in [0.15, 0.2) is 65.7 Å². The monoisotopic (exact) mass is 416 g/mol. The molecule has 0 spiro atoms. The Morgan fingerprint density at radius 1 is 1.03 bits per heavy atom. The van der Waals surface area contributed by atoms with Crippen molar-refractivity contribution in [3.05, 3.63) is 83.2 Å². The lowest BCUT2D eigenvalue weighted by Crippen LogP contribution is -2.23. The molecule has 7 heteroatoms. The van der Waals surface area contributed by atoms with Gasteiger partial charge in [-0.2, -0.15) is 13.2 Å². The number of halogens is 3. The van der Waals surface area contributed by atoms with Gasteiger partial charge in [-0.1, -0.05) is 35.9 Å². The molecule has 0 fully saturated rings. The van der Waals surface area contributed by atoms with Gasteiger partial charge in [0, 0.05) is 23.2 Å². The summed E-state index contributed by atoms with van der Waals surface area (Å²) in [6, 6.07) is 15.9. The molecule has 3 aromatic rings. The molecule has 3 nitrogen and oxygen atoms in total. The molecule has 2 aromatic carbocycles. The molecule has 0 bridgehead atoms. The number of nitrogens with one attached hydrogen (secondary N) is 1. The zero-order valence-corrected chi connectivity index (χ0v) is 16.7. The van der Waals surface area contributed by atoms with Crippen LogP contribution < -0.4 is 5.32 Å². The molecule has 0 radical (unpaired) electrons. The van der Waals surface area contributed by atoms with Crippen molar-refractivity contribution < 1.29 is 18.0 Å². The van der Waals surface area contributed by atoms with Crippen molar-refractivity contribution in [2.45, 2.75) is 24.5 Å². The van der Waals surface area contributed by atoms with Gasteiger partial charge in [-0.25, -0.2) is 0 Å². The number of benzene rings is 2. The van der Waals surface area contributed by atoms with E-state index < -0.39 is 11.9 Å². The molecule has 0 atom stereocenters. The highest BCUT2D eigenvalue weighted by Gasteiger charge is 2.31. The molecular weight excluding hydrogens is 397 g/mol. The number of nitrogens with zero attached hydrogens (tertiary/aromatic N) is 1. The van der Waals surface area contributed by atoms with Crippen LogP contribution in [0.5, 0.6) is 0 Å². The molecule has 29 heavy (non-hydrogen) atoms. The lowest BCUT2D eigenvalue weighted by atomic mass is 10.0. The van der Waals surface area contributed by atoms with E-state index in [4.69, 9.17) is 0 Å². The normalized spacial score (nSPS) is 11.3. The third kappa shape index (κ3) is 5.38. The predicted molar refractivity (Wildman–Crippen MR) is 109 cm³/mol. The summed E-state index contributed by atoms with van der Waals surface area (Å²) in [6.45, 7) is 2.10. The highest BCUT2D eigenvalue weighted by atomic mass is 32.2. The Morgan fingerprint density at radius 2 is 1.76 bits per heavy atom. The number of carbonyl (C=O) groups is 1. The van der Waals surface area contributed by atoms with Gasteiger partial charge in [0.2, 0.25) is 0 Å². The topological polar surface area (TPSA) is 42.0 Å². The van der Waals surface area contributed by atoms with Gasteiger partial charge in [0.1, 0.15) is 5.69 Å². The number of pyridine rings is 1. The maximum atomic E-state index is 12.6. The summed E-state index contributed by atoms with van der Waals surface area (Å²) in [5.41, 5.74) is 3.12. The van der Waals surface area contributed by atoms with Crippen LogP contribution in [0, 0.1) is 6.92 Å². The Hall–Kier alpha value is -2.80. The fourth-order valence-corrected chi connectivity index (χ4v) is 3.23. The van der Waals surface area contributed by atoms with Crippen molar-refractivity contribution in [1.29, 1.82) is 0 Å². The molecule has 1 amide bonds. The molecule has 3 rings (SSSR count). The van der Waals surface area contributed by atoms with E-state index in [1.165, 1.54) is 17.8 Å². The molecule has 0 aliphatic carbocycles. The van der Waals surface area contributed by atoms with Crippen LogP contribution in [0.25, 0.3) is 11.1 Å². The van der Waals surface area contributed by atoms with Gasteiger partial charge in [-0.05, 0) is 54.1 Å². The molecule has 1 heterocycles. The SMILES string of the molecule is CSc1cc(C(=O)NCc2ccc(C(F)(F)F)nc2)cc(-c2ccc(C)cc2)c1. The minimum Gasteiger partial charge on any atom is -0.348 e. The second kappa shape index (κ2) is 8.69. The maximum Gasteiger partial charge on any atom is 0.433 e. The Labute approximate surface area is 171 Å². The van der Waals surface area contributed by atoms with Gasteiger partial charge < -0.3 is 5.32 Å². The summed E-state index contributed by atoms with van der Waals surface area (Å²) in [7, 11) is 0. The van der Waals surface area contributed by atoms with Crippen molar-refractivity contribution in [2.75, 3.05) is 6.26 Å². The van der Waals surface area contributed by atoms with Crippen LogP contribution in [0.1, 0.15) is 27.2 Å². The van der Waals surface area contributed by atoms with Crippen molar-refractivity contribution in [3.63, 3.8) is 0 Å². The first-order valence-corrected chi connectivity index (χ1v) is 10.0. The molecular formula is C22H19F3N2OS. The Kier molecular flexibility index (Phi) is 6.27. The summed E-state index contributed by atoms with van der Waals surface area (Å²) < 4.78 is 37.8. The zero-order chi connectivity index (χ0) is 21.0. The number of hydrogen-bond donors (Lipinski definition) is 1. The maximum absolute atomic E-state index is 12.6. The fraction of sp³-hybridized carbons (Fsp3) is 0.182. The summed E-state index contributed by atoms with van der Waals surface area (Å²) in [6.07, 6.45) is -1.42. The molecule has 150 valence electrons. The molecule has 0 aliphatic rings. The molecule has 1 N–H and O–H groups in total. The minimum atomic E-state index is -4.48. The van der Waals surface area contributed by atoms with Crippen molar-refractivity contribution in [1.82, 2.24) is 10.3 Å². The average Bonchev–Trinajstić information content (AvgIpc) is 2.71. The van der Waals surface area contributed by atoms with Crippen molar-refractivity contribution in [3.8, 4) is 11.1 Å². The van der Waals surface area contributed by atoms with Gasteiger partial charge in [-0.3, -0.25) is 9.78 Å².